The van der Waals surface area contributed by atoms with Crippen molar-refractivity contribution >= 4 is 40.1 Å². The van der Waals surface area contributed by atoms with Gasteiger partial charge in [0, 0.05) is 4.88 Å². The Morgan fingerprint density at radius 1 is 1.55 bits per heavy atom. The SMILES string of the molecule is COC(=O)C1=C(C)N=C2SCC(=O)N2C1c1cccs1. The first-order valence-electron chi connectivity index (χ1n) is 5.99. The molecule has 0 radical (unpaired) electrons. The summed E-state index contributed by atoms with van der Waals surface area (Å²) in [6, 6.07) is 3.41. The Balaban J connectivity index is 2.16. The number of fused-ring (bicyclic) bond motifs is 1. The van der Waals surface area contributed by atoms with Crippen LogP contribution < -0.4 is 0 Å². The molecule has 1 fully saturated rings. The Bertz CT molecular complexity index is 634. The molecule has 2 aliphatic rings. The number of hydrogen-bond acceptors (Lipinski definition) is 6. The highest BCUT2D eigenvalue weighted by atomic mass is 32.2. The van der Waals surface area contributed by atoms with Gasteiger partial charge in [-0.25, -0.2) is 9.79 Å². The van der Waals surface area contributed by atoms with Crippen LogP contribution in [0.5, 0.6) is 0 Å². The number of esters is 1. The van der Waals surface area contributed by atoms with Crippen LogP contribution in [0.1, 0.15) is 17.8 Å². The Hall–Kier alpha value is -1.60. The summed E-state index contributed by atoms with van der Waals surface area (Å²) in [5, 5.41) is 2.59. The third kappa shape index (κ3) is 1.97. The molecule has 20 heavy (non-hydrogen) atoms. The molecule has 1 saturated heterocycles. The van der Waals surface area contributed by atoms with Crippen LogP contribution in [-0.4, -0.2) is 34.8 Å². The van der Waals surface area contributed by atoms with Crippen molar-refractivity contribution in [3.05, 3.63) is 33.7 Å². The first-order chi connectivity index (χ1) is 9.63. The second-order valence-electron chi connectivity index (χ2n) is 4.36. The molecule has 0 aliphatic carbocycles. The van der Waals surface area contributed by atoms with E-state index in [1.807, 2.05) is 17.5 Å². The van der Waals surface area contributed by atoms with E-state index in [0.29, 0.717) is 22.2 Å². The van der Waals surface area contributed by atoms with Gasteiger partial charge in [-0.05, 0) is 18.4 Å². The lowest BCUT2D eigenvalue weighted by Gasteiger charge is -2.31. The van der Waals surface area contributed by atoms with Crippen LogP contribution in [0.25, 0.3) is 0 Å². The Kier molecular flexibility index (Phi) is 3.39. The van der Waals surface area contributed by atoms with Crippen molar-refractivity contribution in [1.29, 1.82) is 0 Å². The molecule has 1 aromatic heterocycles. The number of amides is 1. The van der Waals surface area contributed by atoms with E-state index in [0.717, 1.165) is 4.88 Å². The molecule has 1 unspecified atom stereocenters. The van der Waals surface area contributed by atoms with Crippen LogP contribution in [0.3, 0.4) is 0 Å². The molecular formula is C13H12N2O3S2. The molecule has 0 bridgehead atoms. The molecule has 104 valence electrons. The van der Waals surface area contributed by atoms with Crippen molar-refractivity contribution in [2.75, 3.05) is 12.9 Å². The molecule has 3 rings (SSSR count). The van der Waals surface area contributed by atoms with Crippen LogP contribution >= 0.6 is 23.1 Å². The number of rotatable bonds is 2. The summed E-state index contributed by atoms with van der Waals surface area (Å²) in [6.45, 7) is 1.78. The van der Waals surface area contributed by atoms with Crippen molar-refractivity contribution in [2.45, 2.75) is 13.0 Å². The smallest absolute Gasteiger partial charge is 0.338 e. The average Bonchev–Trinajstić information content (AvgIpc) is 3.07. The van der Waals surface area contributed by atoms with Crippen LogP contribution in [-0.2, 0) is 14.3 Å². The lowest BCUT2D eigenvalue weighted by atomic mass is 10.0. The van der Waals surface area contributed by atoms with E-state index < -0.39 is 12.0 Å². The monoisotopic (exact) mass is 308 g/mol. The van der Waals surface area contributed by atoms with Crippen molar-refractivity contribution in [3.63, 3.8) is 0 Å². The van der Waals surface area contributed by atoms with Crippen LogP contribution in [0.4, 0.5) is 0 Å². The van der Waals surface area contributed by atoms with E-state index in [4.69, 9.17) is 4.74 Å². The lowest BCUT2D eigenvalue weighted by molar-refractivity contribution is -0.137. The number of allylic oxidation sites excluding steroid dienone is 1. The van der Waals surface area contributed by atoms with Gasteiger partial charge < -0.3 is 4.74 Å². The van der Waals surface area contributed by atoms with Crippen LogP contribution in [0.2, 0.25) is 0 Å². The highest BCUT2D eigenvalue weighted by Crippen LogP contribution is 2.42. The van der Waals surface area contributed by atoms with Crippen molar-refractivity contribution in [3.8, 4) is 0 Å². The van der Waals surface area contributed by atoms with Gasteiger partial charge in [-0.3, -0.25) is 9.69 Å². The normalized spacial score (nSPS) is 21.9. The zero-order valence-electron chi connectivity index (χ0n) is 11.0. The van der Waals surface area contributed by atoms with E-state index in [2.05, 4.69) is 4.99 Å². The van der Waals surface area contributed by atoms with Crippen LogP contribution in [0.15, 0.2) is 33.8 Å². The molecule has 2 aliphatic heterocycles. The molecule has 7 heteroatoms. The molecule has 0 spiro atoms. The molecule has 5 nitrogen and oxygen atoms in total. The minimum atomic E-state index is -0.437. The number of aliphatic imine (C=N–C) groups is 1. The zero-order chi connectivity index (χ0) is 14.3. The molecule has 1 aromatic rings. The summed E-state index contributed by atoms with van der Waals surface area (Å²) >= 11 is 2.92. The second-order valence-corrected chi connectivity index (χ2v) is 6.28. The van der Waals surface area contributed by atoms with Crippen molar-refractivity contribution in [2.24, 2.45) is 4.99 Å². The van der Waals surface area contributed by atoms with Gasteiger partial charge in [0.15, 0.2) is 5.17 Å². The largest absolute Gasteiger partial charge is 0.466 e. The van der Waals surface area contributed by atoms with E-state index in [9.17, 15) is 9.59 Å². The Labute approximate surface area is 124 Å². The van der Waals surface area contributed by atoms with E-state index >= 15 is 0 Å². The van der Waals surface area contributed by atoms with Gasteiger partial charge in [0.25, 0.3) is 0 Å². The summed E-state index contributed by atoms with van der Waals surface area (Å²) in [7, 11) is 1.34. The molecule has 0 saturated carbocycles. The van der Waals surface area contributed by atoms with Gasteiger partial charge in [0.05, 0.1) is 24.1 Å². The van der Waals surface area contributed by atoms with E-state index in [1.165, 1.54) is 30.2 Å². The zero-order valence-corrected chi connectivity index (χ0v) is 12.6. The third-order valence-electron chi connectivity index (χ3n) is 3.20. The third-order valence-corrected chi connectivity index (χ3v) is 5.06. The standard InChI is InChI=1S/C13H12N2O3S2/c1-7-10(12(17)18-2)11(8-4-3-5-19-8)15-9(16)6-20-13(15)14-7/h3-5,11H,6H2,1-2H3. The number of methoxy groups -OCH3 is 1. The number of hydrogen-bond donors (Lipinski definition) is 0. The number of thiophene rings is 1. The molecular weight excluding hydrogens is 296 g/mol. The quantitative estimate of drug-likeness (QED) is 0.786. The second kappa shape index (κ2) is 5.06. The Morgan fingerprint density at radius 3 is 3.00 bits per heavy atom. The maximum atomic E-state index is 12.1. The lowest BCUT2D eigenvalue weighted by Crippen LogP contribution is -2.39. The van der Waals surface area contributed by atoms with Gasteiger partial charge in [0.2, 0.25) is 5.91 Å². The van der Waals surface area contributed by atoms with E-state index in [-0.39, 0.29) is 5.91 Å². The molecule has 0 N–H and O–H groups in total. The summed E-state index contributed by atoms with van der Waals surface area (Å²) in [5.41, 5.74) is 1.05. The fraction of sp³-hybridized carbons (Fsp3) is 0.308. The maximum absolute atomic E-state index is 12.1. The highest BCUT2D eigenvalue weighted by molar-refractivity contribution is 8.15. The number of carbonyl (C=O) groups is 2. The first-order valence-corrected chi connectivity index (χ1v) is 7.86. The minimum Gasteiger partial charge on any atom is -0.466 e. The number of nitrogens with zero attached hydrogens (tertiary/aromatic N) is 2. The average molecular weight is 308 g/mol. The molecule has 3 heterocycles. The van der Waals surface area contributed by atoms with E-state index in [1.54, 1.807) is 11.8 Å². The summed E-state index contributed by atoms with van der Waals surface area (Å²) < 4.78 is 4.87. The minimum absolute atomic E-state index is 0.0268. The molecule has 0 aromatic carbocycles. The van der Waals surface area contributed by atoms with Gasteiger partial charge in [-0.2, -0.15) is 0 Å². The predicted molar refractivity (Wildman–Crippen MR) is 78.5 cm³/mol. The fourth-order valence-corrected chi connectivity index (χ4v) is 4.09. The number of ether oxygens (including phenoxy) is 1. The van der Waals surface area contributed by atoms with Crippen LogP contribution in [0, 0.1) is 0 Å². The van der Waals surface area contributed by atoms with Gasteiger partial charge in [-0.1, -0.05) is 17.8 Å². The number of carbonyl (C=O) groups excluding carboxylic acids is 2. The summed E-state index contributed by atoms with van der Waals surface area (Å²) in [4.78, 5) is 31.1. The van der Waals surface area contributed by atoms with Gasteiger partial charge >= 0.3 is 5.97 Å². The summed E-state index contributed by atoms with van der Waals surface area (Å²) in [5.74, 6) is -0.0999. The fourth-order valence-electron chi connectivity index (χ4n) is 2.33. The predicted octanol–water partition coefficient (Wildman–Crippen LogP) is 2.18. The number of thioether (sulfide) groups is 1. The van der Waals surface area contributed by atoms with Gasteiger partial charge in [-0.15, -0.1) is 11.3 Å². The highest BCUT2D eigenvalue weighted by Gasteiger charge is 2.43. The van der Waals surface area contributed by atoms with Gasteiger partial charge in [0.1, 0.15) is 6.04 Å². The van der Waals surface area contributed by atoms with Crippen molar-refractivity contribution < 1.29 is 14.3 Å². The van der Waals surface area contributed by atoms with Crippen molar-refractivity contribution in [1.82, 2.24) is 4.90 Å². The summed E-state index contributed by atoms with van der Waals surface area (Å²) in [6.07, 6.45) is 0. The first kappa shape index (κ1) is 13.4. The molecule has 1 amide bonds. The maximum Gasteiger partial charge on any atom is 0.338 e. The number of amidine groups is 1. The molecule has 1 atom stereocenters. The Morgan fingerprint density at radius 2 is 2.35 bits per heavy atom. The topological polar surface area (TPSA) is 59.0 Å².